The minimum Gasteiger partial charge on any atom is -0.381 e. The van der Waals surface area contributed by atoms with Gasteiger partial charge in [0.1, 0.15) is 0 Å². The van der Waals surface area contributed by atoms with E-state index in [0.717, 1.165) is 18.5 Å². The Morgan fingerprint density at radius 2 is 2.14 bits per heavy atom. The lowest BCUT2D eigenvalue weighted by atomic mass is 9.97. The van der Waals surface area contributed by atoms with Crippen molar-refractivity contribution in [3.63, 3.8) is 0 Å². The van der Waals surface area contributed by atoms with Crippen LogP contribution in [0.5, 0.6) is 0 Å². The number of benzene rings is 1. The minimum absolute atomic E-state index is 0.537. The van der Waals surface area contributed by atoms with Crippen molar-refractivity contribution in [2.75, 3.05) is 11.9 Å². The maximum absolute atomic E-state index is 5.69. The predicted molar refractivity (Wildman–Crippen MR) is 85.8 cm³/mol. The molecule has 3 heteroatoms. The van der Waals surface area contributed by atoms with Crippen molar-refractivity contribution in [1.82, 2.24) is 4.98 Å². The second kappa shape index (κ2) is 4.99. The number of nitrogens with zero attached hydrogens (tertiary/aromatic N) is 1. The average Bonchev–Trinajstić information content (AvgIpc) is 3.30. The molecule has 0 unspecified atom stereocenters. The maximum atomic E-state index is 5.69. The summed E-state index contributed by atoms with van der Waals surface area (Å²) in [5.41, 5.74) is 6.26. The van der Waals surface area contributed by atoms with E-state index >= 15 is 0 Å². The van der Waals surface area contributed by atoms with Crippen molar-refractivity contribution >= 4 is 16.6 Å². The Morgan fingerprint density at radius 3 is 2.90 bits per heavy atom. The van der Waals surface area contributed by atoms with Crippen molar-refractivity contribution in [3.8, 4) is 0 Å². The van der Waals surface area contributed by atoms with Crippen molar-refractivity contribution in [2.45, 2.75) is 51.7 Å². The molecule has 1 aliphatic carbocycles. The summed E-state index contributed by atoms with van der Waals surface area (Å²) in [5, 5.41) is 4.99. The van der Waals surface area contributed by atoms with Gasteiger partial charge in [0.05, 0.1) is 30.1 Å². The Hall–Kier alpha value is -1.61. The number of anilines is 1. The quantitative estimate of drug-likeness (QED) is 0.923. The largest absolute Gasteiger partial charge is 0.381 e. The van der Waals surface area contributed by atoms with Gasteiger partial charge in [0.15, 0.2) is 0 Å². The molecule has 1 aliphatic heterocycles. The molecule has 21 heavy (non-hydrogen) atoms. The summed E-state index contributed by atoms with van der Waals surface area (Å²) in [6.07, 6.45) is 3.49. The first-order valence-corrected chi connectivity index (χ1v) is 8.02. The van der Waals surface area contributed by atoms with Gasteiger partial charge in [-0.15, -0.1) is 0 Å². The molecule has 2 aliphatic rings. The highest BCUT2D eigenvalue weighted by molar-refractivity contribution is 5.94. The number of pyridine rings is 1. The monoisotopic (exact) mass is 282 g/mol. The van der Waals surface area contributed by atoms with Crippen LogP contribution in [-0.2, 0) is 17.8 Å². The zero-order chi connectivity index (χ0) is 14.4. The topological polar surface area (TPSA) is 34.2 Å². The molecule has 2 heterocycles. The first-order chi connectivity index (χ1) is 10.2. The third kappa shape index (κ3) is 2.40. The number of ether oxygens (including phenoxy) is 1. The van der Waals surface area contributed by atoms with E-state index in [-0.39, 0.29) is 0 Å². The van der Waals surface area contributed by atoms with Crippen molar-refractivity contribution in [3.05, 3.63) is 35.0 Å². The molecule has 0 atom stereocenters. The van der Waals surface area contributed by atoms with Gasteiger partial charge < -0.3 is 10.1 Å². The molecule has 0 amide bonds. The molecule has 0 spiro atoms. The van der Waals surface area contributed by atoms with Gasteiger partial charge in [0.2, 0.25) is 0 Å². The highest BCUT2D eigenvalue weighted by atomic mass is 16.5. The van der Waals surface area contributed by atoms with E-state index in [1.807, 2.05) is 0 Å². The minimum atomic E-state index is 0.537. The van der Waals surface area contributed by atoms with Crippen molar-refractivity contribution in [2.24, 2.45) is 0 Å². The number of fused-ring (bicyclic) bond motifs is 2. The highest BCUT2D eigenvalue weighted by Crippen LogP contribution is 2.36. The van der Waals surface area contributed by atoms with Gasteiger partial charge in [-0.3, -0.25) is 4.98 Å². The van der Waals surface area contributed by atoms with Gasteiger partial charge in [-0.05, 0) is 36.5 Å². The summed E-state index contributed by atoms with van der Waals surface area (Å²) in [6.45, 7) is 5.96. The van der Waals surface area contributed by atoms with E-state index in [4.69, 9.17) is 9.72 Å². The zero-order valence-electron chi connectivity index (χ0n) is 12.8. The Kier molecular flexibility index (Phi) is 3.11. The van der Waals surface area contributed by atoms with E-state index in [1.165, 1.54) is 40.7 Å². The van der Waals surface area contributed by atoms with E-state index in [9.17, 15) is 0 Å². The molecule has 110 valence electrons. The first kappa shape index (κ1) is 13.1. The maximum Gasteiger partial charge on any atom is 0.0755 e. The summed E-state index contributed by atoms with van der Waals surface area (Å²) in [4.78, 5) is 4.88. The van der Waals surface area contributed by atoms with Gasteiger partial charge in [0.25, 0.3) is 0 Å². The number of hydrogen-bond donors (Lipinski definition) is 1. The molecule has 1 fully saturated rings. The molecule has 4 rings (SSSR count). The lowest BCUT2D eigenvalue weighted by Gasteiger charge is -2.22. The summed E-state index contributed by atoms with van der Waals surface area (Å²) >= 11 is 0. The summed E-state index contributed by atoms with van der Waals surface area (Å²) in [6, 6.07) is 7.35. The summed E-state index contributed by atoms with van der Waals surface area (Å²) in [7, 11) is 0. The highest BCUT2D eigenvalue weighted by Gasteiger charge is 2.26. The van der Waals surface area contributed by atoms with Crippen LogP contribution < -0.4 is 5.32 Å². The van der Waals surface area contributed by atoms with Crippen LogP contribution >= 0.6 is 0 Å². The molecular weight excluding hydrogens is 260 g/mol. The predicted octanol–water partition coefficient (Wildman–Crippen LogP) is 4.01. The van der Waals surface area contributed by atoms with Crippen LogP contribution in [0.25, 0.3) is 10.9 Å². The van der Waals surface area contributed by atoms with Crippen molar-refractivity contribution in [1.29, 1.82) is 0 Å². The van der Waals surface area contributed by atoms with Gasteiger partial charge in [-0.25, -0.2) is 0 Å². The van der Waals surface area contributed by atoms with Crippen molar-refractivity contribution < 1.29 is 4.74 Å². The third-order valence-corrected chi connectivity index (χ3v) is 4.52. The molecule has 0 radical (unpaired) electrons. The van der Waals surface area contributed by atoms with Gasteiger partial charge >= 0.3 is 0 Å². The molecule has 1 aromatic carbocycles. The SMILES string of the molecule is CC(C)c1ccc2nc3c(c(NC4CC4)c2c1)COCC3. The number of nitrogens with one attached hydrogen (secondary N) is 1. The van der Waals surface area contributed by atoms with Crippen LogP contribution in [-0.4, -0.2) is 17.6 Å². The molecular formula is C18H22N2O. The Balaban J connectivity index is 1.93. The van der Waals surface area contributed by atoms with Gasteiger partial charge in [-0.1, -0.05) is 19.9 Å². The molecule has 0 saturated heterocycles. The second-order valence-corrected chi connectivity index (χ2v) is 6.56. The first-order valence-electron chi connectivity index (χ1n) is 8.02. The second-order valence-electron chi connectivity index (χ2n) is 6.56. The van der Waals surface area contributed by atoms with Crippen LogP contribution in [0.4, 0.5) is 5.69 Å². The fraction of sp³-hybridized carbons (Fsp3) is 0.500. The third-order valence-electron chi connectivity index (χ3n) is 4.52. The van der Waals surface area contributed by atoms with Gasteiger partial charge in [-0.2, -0.15) is 0 Å². The Labute approximate surface area is 125 Å². The van der Waals surface area contributed by atoms with E-state index < -0.39 is 0 Å². The average molecular weight is 282 g/mol. The number of rotatable bonds is 3. The molecule has 2 aromatic rings. The van der Waals surface area contributed by atoms with Crippen LogP contribution in [0.3, 0.4) is 0 Å². The Bertz CT molecular complexity index is 689. The van der Waals surface area contributed by atoms with Crippen LogP contribution in [0.15, 0.2) is 18.2 Å². The van der Waals surface area contributed by atoms with E-state index in [0.29, 0.717) is 18.6 Å². The molecule has 1 saturated carbocycles. The number of hydrogen-bond acceptors (Lipinski definition) is 3. The lowest BCUT2D eigenvalue weighted by molar-refractivity contribution is 0.110. The van der Waals surface area contributed by atoms with Crippen LogP contribution in [0, 0.1) is 0 Å². The lowest BCUT2D eigenvalue weighted by Crippen LogP contribution is -2.16. The molecule has 1 N–H and O–H groups in total. The van der Waals surface area contributed by atoms with Gasteiger partial charge in [0, 0.05) is 23.4 Å². The van der Waals surface area contributed by atoms with E-state index in [2.05, 4.69) is 37.4 Å². The zero-order valence-corrected chi connectivity index (χ0v) is 12.8. The summed E-state index contributed by atoms with van der Waals surface area (Å²) in [5.74, 6) is 0.537. The smallest absolute Gasteiger partial charge is 0.0755 e. The van der Waals surface area contributed by atoms with Crippen LogP contribution in [0.2, 0.25) is 0 Å². The molecule has 1 aromatic heterocycles. The van der Waals surface area contributed by atoms with E-state index in [1.54, 1.807) is 0 Å². The van der Waals surface area contributed by atoms with Crippen LogP contribution in [0.1, 0.15) is 49.4 Å². The fourth-order valence-corrected chi connectivity index (χ4v) is 3.03. The standard InChI is InChI=1S/C18H22N2O/c1-11(2)12-3-6-16-14(9-12)18(19-13-4-5-13)15-10-21-8-7-17(15)20-16/h3,6,9,11,13H,4-5,7-8,10H2,1-2H3,(H,19,20). The Morgan fingerprint density at radius 1 is 1.29 bits per heavy atom. The molecule has 0 bridgehead atoms. The summed E-state index contributed by atoms with van der Waals surface area (Å²) < 4.78 is 5.69. The number of aromatic nitrogens is 1. The molecule has 3 nitrogen and oxygen atoms in total. The fourth-order valence-electron chi connectivity index (χ4n) is 3.03. The normalized spacial score (nSPS) is 18.0.